The molecule has 0 saturated heterocycles. The predicted molar refractivity (Wildman–Crippen MR) is 69.4 cm³/mol. The molecule has 0 aromatic heterocycles. The lowest BCUT2D eigenvalue weighted by Gasteiger charge is -2.34. The number of hydrogen-bond acceptors (Lipinski definition) is 2. The van der Waals surface area contributed by atoms with Crippen LogP contribution in [0, 0.1) is 11.3 Å². The third-order valence-electron chi connectivity index (χ3n) is 4.30. The molecular weight excluding hydrogens is 198 g/mol. The van der Waals surface area contributed by atoms with Crippen LogP contribution in [0.2, 0.25) is 0 Å². The van der Waals surface area contributed by atoms with Gasteiger partial charge < -0.3 is 10.4 Å². The average Bonchev–Trinajstić information content (AvgIpc) is 2.61. The fraction of sp³-hybridized carbons (Fsp3) is 0.857. The number of allylic oxidation sites excluding steroid dienone is 1. The Morgan fingerprint density at radius 1 is 1.56 bits per heavy atom. The lowest BCUT2D eigenvalue weighted by molar-refractivity contribution is 0.110. The summed E-state index contributed by atoms with van der Waals surface area (Å²) in [4.78, 5) is 0. The first kappa shape index (κ1) is 13.7. The summed E-state index contributed by atoms with van der Waals surface area (Å²) < 4.78 is 0. The zero-order valence-electron chi connectivity index (χ0n) is 11.0. The van der Waals surface area contributed by atoms with E-state index < -0.39 is 0 Å². The van der Waals surface area contributed by atoms with Gasteiger partial charge in [0, 0.05) is 24.1 Å². The zero-order chi connectivity index (χ0) is 12.2. The summed E-state index contributed by atoms with van der Waals surface area (Å²) >= 11 is 0. The number of nitrogens with one attached hydrogen (secondary N) is 1. The van der Waals surface area contributed by atoms with Crippen molar-refractivity contribution in [3.05, 3.63) is 12.7 Å². The second kappa shape index (κ2) is 5.83. The van der Waals surface area contributed by atoms with Crippen LogP contribution in [0.4, 0.5) is 0 Å². The van der Waals surface area contributed by atoms with Gasteiger partial charge in [0.05, 0.1) is 0 Å². The average molecular weight is 225 g/mol. The molecule has 94 valence electrons. The van der Waals surface area contributed by atoms with Crippen molar-refractivity contribution in [2.45, 2.75) is 58.5 Å². The van der Waals surface area contributed by atoms with Gasteiger partial charge in [-0.15, -0.1) is 6.58 Å². The van der Waals surface area contributed by atoms with Crippen LogP contribution in [-0.2, 0) is 0 Å². The maximum atomic E-state index is 9.49. The Hall–Kier alpha value is -0.340. The second-order valence-electron chi connectivity index (χ2n) is 5.71. The SMILES string of the molecule is C=CCC(C)C(C)NC1CCCC1(C)CO. The van der Waals surface area contributed by atoms with Crippen LogP contribution in [0.3, 0.4) is 0 Å². The molecule has 1 aliphatic carbocycles. The number of aliphatic hydroxyl groups is 1. The minimum absolute atomic E-state index is 0.0855. The minimum Gasteiger partial charge on any atom is -0.396 e. The standard InChI is InChI=1S/C14H27NO/c1-5-7-11(2)12(3)15-13-8-6-9-14(13,4)10-16/h5,11-13,15-16H,1,6-10H2,2-4H3. The summed E-state index contributed by atoms with van der Waals surface area (Å²) in [5.41, 5.74) is 0.0855. The van der Waals surface area contributed by atoms with Crippen molar-refractivity contribution in [3.63, 3.8) is 0 Å². The molecule has 0 bridgehead atoms. The Morgan fingerprint density at radius 3 is 2.81 bits per heavy atom. The van der Waals surface area contributed by atoms with Crippen molar-refractivity contribution in [1.82, 2.24) is 5.32 Å². The smallest absolute Gasteiger partial charge is 0.0499 e. The first-order valence-electron chi connectivity index (χ1n) is 6.51. The van der Waals surface area contributed by atoms with Crippen LogP contribution >= 0.6 is 0 Å². The molecule has 1 aliphatic rings. The van der Waals surface area contributed by atoms with Crippen molar-refractivity contribution < 1.29 is 5.11 Å². The molecule has 0 aliphatic heterocycles. The summed E-state index contributed by atoms with van der Waals surface area (Å²) in [6, 6.07) is 0.965. The van der Waals surface area contributed by atoms with Gasteiger partial charge in [0.25, 0.3) is 0 Å². The van der Waals surface area contributed by atoms with E-state index in [4.69, 9.17) is 0 Å². The summed E-state index contributed by atoms with van der Waals surface area (Å²) in [7, 11) is 0. The van der Waals surface area contributed by atoms with Gasteiger partial charge in [-0.05, 0) is 32.1 Å². The molecule has 4 unspecified atom stereocenters. The number of hydrogen-bond donors (Lipinski definition) is 2. The minimum atomic E-state index is 0.0855. The maximum Gasteiger partial charge on any atom is 0.0499 e. The largest absolute Gasteiger partial charge is 0.396 e. The monoisotopic (exact) mass is 225 g/mol. The van der Waals surface area contributed by atoms with Gasteiger partial charge >= 0.3 is 0 Å². The summed E-state index contributed by atoms with van der Waals surface area (Å²) in [5.74, 6) is 0.612. The molecule has 1 saturated carbocycles. The molecule has 2 heteroatoms. The highest BCUT2D eigenvalue weighted by Crippen LogP contribution is 2.37. The van der Waals surface area contributed by atoms with Gasteiger partial charge in [-0.25, -0.2) is 0 Å². The Morgan fingerprint density at radius 2 is 2.25 bits per heavy atom. The predicted octanol–water partition coefficient (Wildman–Crippen LogP) is 2.73. The molecule has 1 fully saturated rings. The van der Waals surface area contributed by atoms with E-state index in [1.807, 2.05) is 6.08 Å². The Balaban J connectivity index is 2.49. The van der Waals surface area contributed by atoms with Gasteiger partial charge in [-0.1, -0.05) is 26.3 Å². The summed E-state index contributed by atoms with van der Waals surface area (Å²) in [5, 5.41) is 13.2. The van der Waals surface area contributed by atoms with Crippen molar-refractivity contribution >= 4 is 0 Å². The lowest BCUT2D eigenvalue weighted by atomic mass is 9.84. The first-order valence-corrected chi connectivity index (χ1v) is 6.51. The fourth-order valence-corrected chi connectivity index (χ4v) is 2.66. The second-order valence-corrected chi connectivity index (χ2v) is 5.71. The highest BCUT2D eigenvalue weighted by atomic mass is 16.3. The van der Waals surface area contributed by atoms with Crippen molar-refractivity contribution in [1.29, 1.82) is 0 Å². The molecule has 0 spiro atoms. The topological polar surface area (TPSA) is 32.3 Å². The van der Waals surface area contributed by atoms with E-state index in [1.54, 1.807) is 0 Å². The van der Waals surface area contributed by atoms with E-state index in [2.05, 4.69) is 32.7 Å². The zero-order valence-corrected chi connectivity index (χ0v) is 11.0. The van der Waals surface area contributed by atoms with E-state index in [-0.39, 0.29) is 5.41 Å². The highest BCUT2D eigenvalue weighted by molar-refractivity contribution is 4.95. The van der Waals surface area contributed by atoms with E-state index >= 15 is 0 Å². The van der Waals surface area contributed by atoms with Crippen LogP contribution in [-0.4, -0.2) is 23.8 Å². The van der Waals surface area contributed by atoms with E-state index in [1.165, 1.54) is 12.8 Å². The molecule has 2 N–H and O–H groups in total. The number of aliphatic hydroxyl groups excluding tert-OH is 1. The Kier molecular flexibility index (Phi) is 5.00. The maximum absolute atomic E-state index is 9.49. The van der Waals surface area contributed by atoms with Crippen LogP contribution in [0.5, 0.6) is 0 Å². The van der Waals surface area contributed by atoms with Gasteiger partial charge in [0.15, 0.2) is 0 Å². The molecule has 0 aromatic rings. The van der Waals surface area contributed by atoms with Crippen LogP contribution in [0.1, 0.15) is 46.5 Å². The first-order chi connectivity index (χ1) is 7.53. The molecule has 4 atom stereocenters. The van der Waals surface area contributed by atoms with Crippen LogP contribution < -0.4 is 5.32 Å². The quantitative estimate of drug-likeness (QED) is 0.681. The summed E-state index contributed by atoms with van der Waals surface area (Å²) in [6.07, 6.45) is 6.61. The van der Waals surface area contributed by atoms with Gasteiger partial charge in [-0.2, -0.15) is 0 Å². The molecule has 0 radical (unpaired) electrons. The molecule has 0 aromatic carbocycles. The Labute approximate surface area is 100 Å². The van der Waals surface area contributed by atoms with Gasteiger partial charge in [0.2, 0.25) is 0 Å². The van der Waals surface area contributed by atoms with Crippen molar-refractivity contribution in [2.75, 3.05) is 6.61 Å². The molecule has 2 nitrogen and oxygen atoms in total. The molecular formula is C14H27NO. The van der Waals surface area contributed by atoms with E-state index in [0.29, 0.717) is 24.6 Å². The summed E-state index contributed by atoms with van der Waals surface area (Å²) in [6.45, 7) is 10.8. The van der Waals surface area contributed by atoms with Gasteiger partial charge in [-0.3, -0.25) is 0 Å². The fourth-order valence-electron chi connectivity index (χ4n) is 2.66. The molecule has 0 amide bonds. The van der Waals surface area contributed by atoms with E-state index in [0.717, 1.165) is 12.8 Å². The third-order valence-corrected chi connectivity index (χ3v) is 4.30. The van der Waals surface area contributed by atoms with Crippen LogP contribution in [0.25, 0.3) is 0 Å². The van der Waals surface area contributed by atoms with Crippen molar-refractivity contribution in [2.24, 2.45) is 11.3 Å². The number of rotatable bonds is 6. The molecule has 1 rings (SSSR count). The third kappa shape index (κ3) is 3.08. The van der Waals surface area contributed by atoms with E-state index in [9.17, 15) is 5.11 Å². The molecule has 0 heterocycles. The van der Waals surface area contributed by atoms with Crippen LogP contribution in [0.15, 0.2) is 12.7 Å². The lowest BCUT2D eigenvalue weighted by Crippen LogP contribution is -2.47. The Bertz CT molecular complexity index is 229. The highest BCUT2D eigenvalue weighted by Gasteiger charge is 2.38. The van der Waals surface area contributed by atoms with Gasteiger partial charge in [0.1, 0.15) is 0 Å². The normalized spacial score (nSPS) is 33.6. The van der Waals surface area contributed by atoms with Crippen molar-refractivity contribution in [3.8, 4) is 0 Å². The molecule has 16 heavy (non-hydrogen) atoms.